The number of hydrogen-bond donors (Lipinski definition) is 0. The molecule has 0 fully saturated rings. The van der Waals surface area contributed by atoms with Gasteiger partial charge >= 0.3 is 0 Å². The van der Waals surface area contributed by atoms with Crippen LogP contribution in [0.1, 0.15) is 134 Å². The highest BCUT2D eigenvalue weighted by Crippen LogP contribution is 2.37. The lowest BCUT2D eigenvalue weighted by molar-refractivity contribution is 0.308. The van der Waals surface area contributed by atoms with Gasteiger partial charge in [-0.15, -0.1) is 0 Å². The number of unbranched alkanes of at least 4 members (excludes halogenated alkanes) is 10. The summed E-state index contributed by atoms with van der Waals surface area (Å²) in [5.74, 6) is 1.77. The lowest BCUT2D eigenvalue weighted by atomic mass is 9.73. The molecule has 0 amide bonds. The number of aryl methyl sites for hydroxylation is 1. The summed E-state index contributed by atoms with van der Waals surface area (Å²) < 4.78 is 11.4. The van der Waals surface area contributed by atoms with Gasteiger partial charge in [-0.05, 0) is 80.3 Å². The van der Waals surface area contributed by atoms with Gasteiger partial charge in [0.1, 0.15) is 11.5 Å². The summed E-state index contributed by atoms with van der Waals surface area (Å²) in [6.45, 7) is 5.17. The standard InChI is InChI=1S/C38H59N3O2/c1-5-7-9-10-11-12-13-14-15-16-27-38(32-39,34-21-18-24-37(31-34)43-29-8-6-2)28-19-22-35(41-40-3)26-25-33-20-17-23-36(30-33)42-4/h17-18,20-21,23-24,30-31,35H,5-16,19,22,25-29H2,1-4H3. The van der Waals surface area contributed by atoms with Crippen molar-refractivity contribution in [1.29, 1.82) is 5.26 Å². The summed E-state index contributed by atoms with van der Waals surface area (Å²) in [6.07, 6.45) is 20.6. The molecule has 0 aromatic heterocycles. The molecule has 2 atom stereocenters. The van der Waals surface area contributed by atoms with E-state index in [0.29, 0.717) is 0 Å². The van der Waals surface area contributed by atoms with Crippen molar-refractivity contribution in [1.82, 2.24) is 0 Å². The second-order valence-corrected chi connectivity index (χ2v) is 12.1. The van der Waals surface area contributed by atoms with Gasteiger partial charge in [-0.1, -0.05) is 109 Å². The third-order valence-electron chi connectivity index (χ3n) is 8.64. The SMILES string of the molecule is CCCCCCCCCCCCC(C#N)(CCCC(CCc1cccc(OC)c1)N=NC)c1cccc(OCCCC)c1. The Labute approximate surface area is 263 Å². The van der Waals surface area contributed by atoms with Crippen LogP contribution in [0.5, 0.6) is 11.5 Å². The molecular weight excluding hydrogens is 530 g/mol. The molecule has 43 heavy (non-hydrogen) atoms. The summed E-state index contributed by atoms with van der Waals surface area (Å²) in [5, 5.41) is 19.4. The van der Waals surface area contributed by atoms with Crippen molar-refractivity contribution in [3.05, 3.63) is 59.7 Å². The zero-order chi connectivity index (χ0) is 31.0. The molecule has 0 aliphatic heterocycles. The highest BCUT2D eigenvalue weighted by molar-refractivity contribution is 5.38. The van der Waals surface area contributed by atoms with Crippen molar-refractivity contribution in [2.45, 2.75) is 141 Å². The highest BCUT2D eigenvalue weighted by Gasteiger charge is 2.32. The minimum absolute atomic E-state index is 0.147. The Morgan fingerprint density at radius 2 is 1.42 bits per heavy atom. The van der Waals surface area contributed by atoms with Gasteiger partial charge in [0.2, 0.25) is 0 Å². The molecule has 2 aromatic rings. The monoisotopic (exact) mass is 589 g/mol. The van der Waals surface area contributed by atoms with Crippen LogP contribution in [0.4, 0.5) is 0 Å². The van der Waals surface area contributed by atoms with E-state index in [9.17, 15) is 5.26 Å². The van der Waals surface area contributed by atoms with Gasteiger partial charge in [0.05, 0.1) is 31.2 Å². The molecule has 5 nitrogen and oxygen atoms in total. The molecule has 238 valence electrons. The molecule has 0 aliphatic rings. The number of ether oxygens (including phenoxy) is 2. The molecule has 2 rings (SSSR count). The van der Waals surface area contributed by atoms with Gasteiger partial charge in [-0.3, -0.25) is 0 Å². The van der Waals surface area contributed by atoms with Crippen LogP contribution in [0.2, 0.25) is 0 Å². The molecule has 2 aromatic carbocycles. The van der Waals surface area contributed by atoms with Gasteiger partial charge in [0.15, 0.2) is 0 Å². The van der Waals surface area contributed by atoms with Crippen LogP contribution in [0.25, 0.3) is 0 Å². The highest BCUT2D eigenvalue weighted by atomic mass is 16.5. The quantitative estimate of drug-likeness (QED) is 0.0854. The summed E-state index contributed by atoms with van der Waals surface area (Å²) in [4.78, 5) is 0. The maximum absolute atomic E-state index is 10.7. The molecule has 0 heterocycles. The summed E-state index contributed by atoms with van der Waals surface area (Å²) in [7, 11) is 3.46. The first-order valence-electron chi connectivity index (χ1n) is 17.2. The van der Waals surface area contributed by atoms with Crippen LogP contribution in [0.15, 0.2) is 58.8 Å². The Bertz CT molecular complexity index is 1060. The van der Waals surface area contributed by atoms with E-state index in [1.54, 1.807) is 14.2 Å². The molecule has 0 spiro atoms. The Morgan fingerprint density at radius 3 is 2.09 bits per heavy atom. The Balaban J connectivity index is 2.02. The van der Waals surface area contributed by atoms with Gasteiger partial charge in [-0.25, -0.2) is 0 Å². The predicted molar refractivity (Wildman–Crippen MR) is 180 cm³/mol. The molecule has 0 aliphatic carbocycles. The topological polar surface area (TPSA) is 67.0 Å². The van der Waals surface area contributed by atoms with Crippen LogP contribution >= 0.6 is 0 Å². The van der Waals surface area contributed by atoms with E-state index in [1.807, 2.05) is 18.2 Å². The number of nitriles is 1. The molecule has 5 heteroatoms. The molecular formula is C38H59N3O2. The number of rotatable bonds is 25. The van der Waals surface area contributed by atoms with Crippen molar-refractivity contribution in [3.8, 4) is 17.6 Å². The number of hydrogen-bond acceptors (Lipinski definition) is 5. The Hall–Kier alpha value is -2.87. The summed E-state index contributed by atoms with van der Waals surface area (Å²) >= 11 is 0. The van der Waals surface area contributed by atoms with Crippen molar-refractivity contribution >= 4 is 0 Å². The average molecular weight is 590 g/mol. The fourth-order valence-electron chi connectivity index (χ4n) is 5.95. The second-order valence-electron chi connectivity index (χ2n) is 12.1. The largest absolute Gasteiger partial charge is 0.497 e. The maximum atomic E-state index is 10.7. The zero-order valence-corrected chi connectivity index (χ0v) is 27.8. The Morgan fingerprint density at radius 1 is 0.767 bits per heavy atom. The molecule has 0 saturated heterocycles. The van der Waals surface area contributed by atoms with E-state index in [0.717, 1.165) is 81.5 Å². The van der Waals surface area contributed by atoms with Crippen molar-refractivity contribution in [2.75, 3.05) is 20.8 Å². The fourth-order valence-corrected chi connectivity index (χ4v) is 5.95. The normalized spacial score (nSPS) is 13.5. The first kappa shape index (κ1) is 36.3. The Kier molecular flexibility index (Phi) is 19.1. The van der Waals surface area contributed by atoms with Crippen molar-refractivity contribution < 1.29 is 9.47 Å². The molecule has 0 saturated carbocycles. The summed E-state index contributed by atoms with van der Waals surface area (Å²) in [5.41, 5.74) is 1.85. The minimum atomic E-state index is -0.509. The second kappa shape index (κ2) is 22.6. The van der Waals surface area contributed by atoms with E-state index in [-0.39, 0.29) is 6.04 Å². The smallest absolute Gasteiger partial charge is 0.119 e. The third kappa shape index (κ3) is 14.4. The van der Waals surface area contributed by atoms with Crippen molar-refractivity contribution in [3.63, 3.8) is 0 Å². The van der Waals surface area contributed by atoms with Crippen LogP contribution in [0.3, 0.4) is 0 Å². The first-order valence-corrected chi connectivity index (χ1v) is 17.2. The lowest BCUT2D eigenvalue weighted by Gasteiger charge is -2.28. The number of nitrogens with zero attached hydrogens (tertiary/aromatic N) is 3. The fraction of sp³-hybridized carbons (Fsp3) is 0.658. The lowest BCUT2D eigenvalue weighted by Crippen LogP contribution is -2.25. The van der Waals surface area contributed by atoms with E-state index in [1.165, 1.54) is 63.4 Å². The van der Waals surface area contributed by atoms with E-state index in [4.69, 9.17) is 9.47 Å². The van der Waals surface area contributed by atoms with E-state index >= 15 is 0 Å². The van der Waals surface area contributed by atoms with Crippen molar-refractivity contribution in [2.24, 2.45) is 10.2 Å². The molecule has 0 N–H and O–H groups in total. The zero-order valence-electron chi connectivity index (χ0n) is 27.8. The molecule has 0 radical (unpaired) electrons. The number of benzene rings is 2. The van der Waals surface area contributed by atoms with Crippen LogP contribution < -0.4 is 9.47 Å². The van der Waals surface area contributed by atoms with Crippen LogP contribution in [-0.4, -0.2) is 26.8 Å². The maximum Gasteiger partial charge on any atom is 0.119 e. The summed E-state index contributed by atoms with van der Waals surface area (Å²) in [6, 6.07) is 19.6. The van der Waals surface area contributed by atoms with Crippen LogP contribution in [-0.2, 0) is 11.8 Å². The molecule has 2 unspecified atom stereocenters. The van der Waals surface area contributed by atoms with Gasteiger partial charge < -0.3 is 9.47 Å². The minimum Gasteiger partial charge on any atom is -0.497 e. The van der Waals surface area contributed by atoms with E-state index in [2.05, 4.69) is 60.5 Å². The number of azo groups is 1. The van der Waals surface area contributed by atoms with Crippen LogP contribution in [0, 0.1) is 11.3 Å². The van der Waals surface area contributed by atoms with Gasteiger partial charge in [0.25, 0.3) is 0 Å². The molecule has 0 bridgehead atoms. The van der Waals surface area contributed by atoms with E-state index < -0.39 is 5.41 Å². The first-order chi connectivity index (χ1) is 21.1. The average Bonchev–Trinajstić information content (AvgIpc) is 3.04. The van der Waals surface area contributed by atoms with Gasteiger partial charge in [-0.2, -0.15) is 15.5 Å². The van der Waals surface area contributed by atoms with Gasteiger partial charge in [0, 0.05) is 7.05 Å². The predicted octanol–water partition coefficient (Wildman–Crippen LogP) is 11.2. The third-order valence-corrected chi connectivity index (χ3v) is 8.64. The number of methoxy groups -OCH3 is 1.